The van der Waals surface area contributed by atoms with Crippen molar-refractivity contribution in [3.05, 3.63) is 79.0 Å². The minimum Gasteiger partial charge on any atom is -0.410 e. The molecule has 0 unspecified atom stereocenters. The number of pyridine rings is 1. The van der Waals surface area contributed by atoms with Crippen molar-refractivity contribution in [1.29, 1.82) is 0 Å². The second-order valence-corrected chi connectivity index (χ2v) is 9.63. The molecule has 1 saturated carbocycles. The van der Waals surface area contributed by atoms with E-state index in [2.05, 4.69) is 54.6 Å². The maximum atomic E-state index is 13.0. The molecule has 0 aliphatic heterocycles. The second-order valence-electron chi connectivity index (χ2n) is 9.63. The summed E-state index contributed by atoms with van der Waals surface area (Å²) < 4.78 is 7.94. The monoisotopic (exact) mass is 439 g/mol. The van der Waals surface area contributed by atoms with Gasteiger partial charge in [0, 0.05) is 28.9 Å². The van der Waals surface area contributed by atoms with E-state index in [1.54, 1.807) is 0 Å². The third-order valence-corrected chi connectivity index (χ3v) is 6.29. The zero-order chi connectivity index (χ0) is 23.0. The van der Waals surface area contributed by atoms with Crippen LogP contribution >= 0.6 is 0 Å². The average molecular weight is 440 g/mol. The highest BCUT2D eigenvalue weighted by Crippen LogP contribution is 2.33. The van der Waals surface area contributed by atoms with Gasteiger partial charge in [-0.15, -0.1) is 0 Å². The van der Waals surface area contributed by atoms with Crippen molar-refractivity contribution in [3.63, 3.8) is 0 Å². The highest BCUT2D eigenvalue weighted by atomic mass is 16.6. The fourth-order valence-corrected chi connectivity index (χ4v) is 4.55. The van der Waals surface area contributed by atoms with Crippen molar-refractivity contribution in [2.75, 3.05) is 0 Å². The summed E-state index contributed by atoms with van der Waals surface area (Å²) >= 11 is 0. The first-order valence-corrected chi connectivity index (χ1v) is 11.6. The SMILES string of the molecule is CC(C)(C)N(C(=O)Oc1ccc(-n2c(-c3ccccc3)cc3cccnc32)cc1)C1CCC1. The van der Waals surface area contributed by atoms with E-state index in [4.69, 9.17) is 4.74 Å². The van der Waals surface area contributed by atoms with Gasteiger partial charge in [0.2, 0.25) is 0 Å². The van der Waals surface area contributed by atoms with E-state index in [0.717, 1.165) is 40.8 Å². The van der Waals surface area contributed by atoms with Crippen LogP contribution in [0.5, 0.6) is 5.75 Å². The molecule has 1 amide bonds. The first-order chi connectivity index (χ1) is 15.9. The zero-order valence-electron chi connectivity index (χ0n) is 19.4. The number of hydrogen-bond donors (Lipinski definition) is 0. The molecule has 0 saturated heterocycles. The van der Waals surface area contributed by atoms with E-state index >= 15 is 0 Å². The molecular weight excluding hydrogens is 410 g/mol. The van der Waals surface area contributed by atoms with Crippen LogP contribution in [0.15, 0.2) is 79.0 Å². The van der Waals surface area contributed by atoms with E-state index < -0.39 is 0 Å². The Bertz CT molecular complexity index is 1270. The van der Waals surface area contributed by atoms with Gasteiger partial charge in [0.05, 0.1) is 5.69 Å². The predicted octanol–water partition coefficient (Wildman–Crippen LogP) is 6.84. The molecule has 5 nitrogen and oxygen atoms in total. The number of amides is 1. The van der Waals surface area contributed by atoms with E-state index in [1.807, 2.05) is 59.6 Å². The maximum Gasteiger partial charge on any atom is 0.415 e. The molecule has 168 valence electrons. The molecule has 0 N–H and O–H groups in total. The van der Waals surface area contributed by atoms with E-state index in [0.29, 0.717) is 5.75 Å². The van der Waals surface area contributed by atoms with Gasteiger partial charge in [-0.2, -0.15) is 0 Å². The first-order valence-electron chi connectivity index (χ1n) is 11.6. The molecular formula is C28H29N3O2. The second kappa shape index (κ2) is 8.39. The summed E-state index contributed by atoms with van der Waals surface area (Å²) in [6.07, 6.45) is 4.79. The Morgan fingerprint density at radius 2 is 1.73 bits per heavy atom. The van der Waals surface area contributed by atoms with Crippen LogP contribution in [0.3, 0.4) is 0 Å². The molecule has 0 bridgehead atoms. The third kappa shape index (κ3) is 4.11. The molecule has 2 aromatic heterocycles. The van der Waals surface area contributed by atoms with Crippen LogP contribution in [-0.2, 0) is 0 Å². The van der Waals surface area contributed by atoms with Crippen LogP contribution in [0.25, 0.3) is 28.0 Å². The van der Waals surface area contributed by atoms with Crippen molar-refractivity contribution in [2.24, 2.45) is 0 Å². The molecule has 1 fully saturated rings. The van der Waals surface area contributed by atoms with Crippen LogP contribution in [0.1, 0.15) is 40.0 Å². The summed E-state index contributed by atoms with van der Waals surface area (Å²) in [7, 11) is 0. The standard InChI is InChI=1S/C28H29N3O2/c1-28(2,3)31(23-12-7-13-23)27(32)33-24-16-14-22(15-17-24)30-25(20-9-5-4-6-10-20)19-21-11-8-18-29-26(21)30/h4-6,8-11,14-19,23H,7,12-13H2,1-3H3. The number of aromatic nitrogens is 2. The Hall–Kier alpha value is -3.60. The number of benzene rings is 2. The Kier molecular flexibility index (Phi) is 5.41. The largest absolute Gasteiger partial charge is 0.415 e. The minimum absolute atomic E-state index is 0.266. The summed E-state index contributed by atoms with van der Waals surface area (Å²) in [6, 6.07) is 24.4. The van der Waals surface area contributed by atoms with Crippen molar-refractivity contribution >= 4 is 17.1 Å². The van der Waals surface area contributed by atoms with Crippen LogP contribution in [0.4, 0.5) is 4.79 Å². The lowest BCUT2D eigenvalue weighted by atomic mass is 9.88. The van der Waals surface area contributed by atoms with Gasteiger partial charge in [-0.05, 0) is 88.1 Å². The maximum absolute atomic E-state index is 13.0. The number of rotatable bonds is 4. The minimum atomic E-state index is -0.280. The van der Waals surface area contributed by atoms with Gasteiger partial charge < -0.3 is 9.64 Å². The fraction of sp³-hybridized carbons (Fsp3) is 0.286. The Balaban J connectivity index is 1.46. The smallest absolute Gasteiger partial charge is 0.410 e. The number of carbonyl (C=O) groups is 1. The molecule has 0 spiro atoms. The summed E-state index contributed by atoms with van der Waals surface area (Å²) in [5.74, 6) is 0.544. The molecule has 33 heavy (non-hydrogen) atoms. The fourth-order valence-electron chi connectivity index (χ4n) is 4.55. The van der Waals surface area contributed by atoms with E-state index in [-0.39, 0.29) is 17.7 Å². The molecule has 5 rings (SSSR count). The average Bonchev–Trinajstić information content (AvgIpc) is 3.16. The zero-order valence-corrected chi connectivity index (χ0v) is 19.4. The number of ether oxygens (including phenoxy) is 1. The van der Waals surface area contributed by atoms with Crippen molar-refractivity contribution in [2.45, 2.75) is 51.6 Å². The number of fused-ring (bicyclic) bond motifs is 1. The van der Waals surface area contributed by atoms with Gasteiger partial charge in [0.1, 0.15) is 11.4 Å². The van der Waals surface area contributed by atoms with Crippen LogP contribution < -0.4 is 4.74 Å². The molecule has 2 aromatic carbocycles. The Labute approximate surface area is 194 Å². The number of hydrogen-bond acceptors (Lipinski definition) is 3. The summed E-state index contributed by atoms with van der Waals surface area (Å²) in [5, 5.41) is 1.08. The molecule has 1 aliphatic rings. The third-order valence-electron chi connectivity index (χ3n) is 6.29. The highest BCUT2D eigenvalue weighted by molar-refractivity contribution is 5.86. The molecule has 2 heterocycles. The molecule has 4 aromatic rings. The summed E-state index contributed by atoms with van der Waals surface area (Å²) in [5.41, 5.74) is 3.77. The van der Waals surface area contributed by atoms with Gasteiger partial charge in [-0.1, -0.05) is 30.3 Å². The first kappa shape index (κ1) is 21.3. The number of carbonyl (C=O) groups excluding carboxylic acids is 1. The molecule has 0 radical (unpaired) electrons. The molecule has 0 atom stereocenters. The highest BCUT2D eigenvalue weighted by Gasteiger charge is 2.37. The van der Waals surface area contributed by atoms with Crippen LogP contribution in [0.2, 0.25) is 0 Å². The van der Waals surface area contributed by atoms with Crippen molar-refractivity contribution < 1.29 is 9.53 Å². The van der Waals surface area contributed by atoms with E-state index in [1.165, 1.54) is 6.42 Å². The van der Waals surface area contributed by atoms with E-state index in [9.17, 15) is 4.79 Å². The predicted molar refractivity (Wildman–Crippen MR) is 132 cm³/mol. The van der Waals surface area contributed by atoms with Gasteiger partial charge in [-0.3, -0.25) is 4.57 Å². The normalized spacial score (nSPS) is 14.2. The van der Waals surface area contributed by atoms with Gasteiger partial charge in [-0.25, -0.2) is 9.78 Å². The van der Waals surface area contributed by atoms with Crippen LogP contribution in [-0.4, -0.2) is 32.1 Å². The van der Waals surface area contributed by atoms with Gasteiger partial charge >= 0.3 is 6.09 Å². The molecule has 1 aliphatic carbocycles. The lowest BCUT2D eigenvalue weighted by molar-refractivity contribution is 0.0469. The van der Waals surface area contributed by atoms with Crippen LogP contribution in [0, 0.1) is 0 Å². The van der Waals surface area contributed by atoms with Crippen molar-refractivity contribution in [3.8, 4) is 22.7 Å². The van der Waals surface area contributed by atoms with Gasteiger partial charge in [0.25, 0.3) is 0 Å². The van der Waals surface area contributed by atoms with Crippen molar-refractivity contribution in [1.82, 2.24) is 14.5 Å². The lowest BCUT2D eigenvalue weighted by Crippen LogP contribution is -2.55. The summed E-state index contributed by atoms with van der Waals surface area (Å²) in [4.78, 5) is 19.5. The Morgan fingerprint density at radius 1 is 1.00 bits per heavy atom. The quantitative estimate of drug-likeness (QED) is 0.350. The Morgan fingerprint density at radius 3 is 2.36 bits per heavy atom. The topological polar surface area (TPSA) is 47.4 Å². The molecule has 5 heteroatoms. The number of nitrogens with zero attached hydrogens (tertiary/aromatic N) is 3. The summed E-state index contributed by atoms with van der Waals surface area (Å²) in [6.45, 7) is 6.18. The lowest BCUT2D eigenvalue weighted by Gasteiger charge is -2.44. The van der Waals surface area contributed by atoms with Gasteiger partial charge in [0.15, 0.2) is 0 Å².